The summed E-state index contributed by atoms with van der Waals surface area (Å²) in [6, 6.07) is 4.65. The second-order valence-corrected chi connectivity index (χ2v) is 7.95. The number of aryl methyl sites for hydroxylation is 1. The molecule has 96 valence electrons. The summed E-state index contributed by atoms with van der Waals surface area (Å²) in [5, 5.41) is 1.32. The van der Waals surface area contributed by atoms with Gasteiger partial charge in [-0.2, -0.15) is 12.6 Å². The predicted octanol–water partition coefficient (Wildman–Crippen LogP) is 4.21. The van der Waals surface area contributed by atoms with Crippen LogP contribution in [-0.4, -0.2) is 0 Å². The first-order valence-electron chi connectivity index (χ1n) is 6.23. The Morgan fingerprint density at radius 2 is 1.65 bits per heavy atom. The van der Waals surface area contributed by atoms with E-state index in [1.54, 1.807) is 0 Å². The van der Waals surface area contributed by atoms with Gasteiger partial charge >= 0.3 is 0 Å². The van der Waals surface area contributed by atoms with Crippen molar-refractivity contribution in [2.45, 2.75) is 58.1 Å². The van der Waals surface area contributed by atoms with Gasteiger partial charge in [0.25, 0.3) is 0 Å². The van der Waals surface area contributed by atoms with Gasteiger partial charge in [0.05, 0.1) is 0 Å². The third kappa shape index (κ3) is 3.48. The highest BCUT2D eigenvalue weighted by Gasteiger charge is 2.23. The van der Waals surface area contributed by atoms with Gasteiger partial charge in [-0.15, -0.1) is 9.24 Å². The Labute approximate surface area is 114 Å². The Balaban J connectivity index is 3.50. The summed E-state index contributed by atoms with van der Waals surface area (Å²) in [4.78, 5) is 0. The molecule has 0 saturated carbocycles. The molecule has 1 atom stereocenters. The second kappa shape index (κ2) is 4.94. The molecule has 1 aromatic carbocycles. The van der Waals surface area contributed by atoms with E-state index in [-0.39, 0.29) is 10.2 Å². The van der Waals surface area contributed by atoms with Gasteiger partial charge in [0.2, 0.25) is 0 Å². The van der Waals surface area contributed by atoms with E-state index < -0.39 is 0 Å². The van der Waals surface area contributed by atoms with E-state index in [4.69, 9.17) is 12.6 Å². The largest absolute Gasteiger partial charge is 0.168 e. The predicted molar refractivity (Wildman–Crippen MR) is 85.9 cm³/mol. The fourth-order valence-corrected chi connectivity index (χ4v) is 2.98. The van der Waals surface area contributed by atoms with E-state index in [0.717, 1.165) is 6.42 Å². The summed E-state index contributed by atoms with van der Waals surface area (Å²) in [6.07, 6.45) is 1.07. The van der Waals surface area contributed by atoms with Crippen molar-refractivity contribution in [1.29, 1.82) is 0 Å². The normalized spacial score (nSPS) is 12.9. The fourth-order valence-electron chi connectivity index (χ4n) is 1.95. The fraction of sp³-hybridized carbons (Fsp3) is 0.600. The molecule has 0 radical (unpaired) electrons. The van der Waals surface area contributed by atoms with Gasteiger partial charge in [0, 0.05) is 4.75 Å². The van der Waals surface area contributed by atoms with E-state index in [0.29, 0.717) is 0 Å². The van der Waals surface area contributed by atoms with E-state index in [1.807, 2.05) is 0 Å². The highest BCUT2D eigenvalue weighted by molar-refractivity contribution is 7.81. The first-order valence-corrected chi connectivity index (χ1v) is 7.25. The summed E-state index contributed by atoms with van der Waals surface area (Å²) >= 11 is 4.73. The van der Waals surface area contributed by atoms with E-state index >= 15 is 0 Å². The third-order valence-corrected chi connectivity index (χ3v) is 4.09. The van der Waals surface area contributed by atoms with E-state index in [1.165, 1.54) is 22.0 Å². The van der Waals surface area contributed by atoms with Crippen molar-refractivity contribution < 1.29 is 0 Å². The molecule has 1 rings (SSSR count). The van der Waals surface area contributed by atoms with E-state index in [2.05, 4.69) is 62.9 Å². The van der Waals surface area contributed by atoms with Crippen LogP contribution in [0, 0.1) is 0 Å². The second-order valence-electron chi connectivity index (χ2n) is 6.26. The molecule has 0 aromatic heterocycles. The molecule has 0 aliphatic rings. The molecule has 0 nitrogen and oxygen atoms in total. The molecule has 2 heteroatoms. The van der Waals surface area contributed by atoms with Crippen LogP contribution in [-0.2, 0) is 16.6 Å². The standard InChI is InChI=1S/C15H25PS/c1-7-10-8-11(14(2,3)4)9-12(13(10)16)15(5,6)17/h8-9,17H,7,16H2,1-6H3. The lowest BCUT2D eigenvalue weighted by Gasteiger charge is -2.27. The molecule has 0 spiro atoms. The van der Waals surface area contributed by atoms with Crippen molar-refractivity contribution in [3.05, 3.63) is 28.8 Å². The van der Waals surface area contributed by atoms with Gasteiger partial charge in [0.15, 0.2) is 0 Å². The van der Waals surface area contributed by atoms with Gasteiger partial charge in [-0.3, -0.25) is 0 Å². The highest BCUT2D eigenvalue weighted by atomic mass is 32.1. The Hall–Kier alpha value is -0.0000000000000000555. The summed E-state index contributed by atoms with van der Waals surface area (Å²) in [6.45, 7) is 13.3. The molecule has 0 fully saturated rings. The zero-order valence-corrected chi connectivity index (χ0v) is 13.9. The van der Waals surface area contributed by atoms with Crippen LogP contribution in [0.25, 0.3) is 0 Å². The van der Waals surface area contributed by atoms with Crippen molar-refractivity contribution in [3.63, 3.8) is 0 Å². The summed E-state index contributed by atoms with van der Waals surface area (Å²) in [5.41, 5.74) is 4.34. The van der Waals surface area contributed by atoms with Crippen molar-refractivity contribution >= 4 is 27.2 Å². The Morgan fingerprint density at radius 3 is 2.00 bits per heavy atom. The molecule has 0 heterocycles. The van der Waals surface area contributed by atoms with Crippen LogP contribution >= 0.6 is 21.9 Å². The molecule has 1 aromatic rings. The average Bonchev–Trinajstić information content (AvgIpc) is 2.14. The van der Waals surface area contributed by atoms with Crippen LogP contribution in [0.4, 0.5) is 0 Å². The Kier molecular flexibility index (Phi) is 4.37. The third-order valence-electron chi connectivity index (χ3n) is 3.17. The maximum absolute atomic E-state index is 4.73. The molecule has 0 aliphatic heterocycles. The van der Waals surface area contributed by atoms with Crippen molar-refractivity contribution in [2.75, 3.05) is 0 Å². The molecule has 0 N–H and O–H groups in total. The van der Waals surface area contributed by atoms with E-state index in [9.17, 15) is 0 Å². The van der Waals surface area contributed by atoms with Crippen molar-refractivity contribution in [3.8, 4) is 0 Å². The smallest absolute Gasteiger partial charge is 0.0328 e. The van der Waals surface area contributed by atoms with Crippen LogP contribution in [0.2, 0.25) is 0 Å². The summed E-state index contributed by atoms with van der Waals surface area (Å²) in [7, 11) is 2.89. The lowest BCUT2D eigenvalue weighted by Crippen LogP contribution is -2.23. The number of hydrogen-bond acceptors (Lipinski definition) is 1. The Bertz CT molecular complexity index is 408. The number of rotatable bonds is 2. The number of thiol groups is 1. The molecule has 17 heavy (non-hydrogen) atoms. The quantitative estimate of drug-likeness (QED) is 0.603. The van der Waals surface area contributed by atoms with Gasteiger partial charge < -0.3 is 0 Å². The molecule has 0 bridgehead atoms. The van der Waals surface area contributed by atoms with Gasteiger partial charge in [-0.1, -0.05) is 39.8 Å². The lowest BCUT2D eigenvalue weighted by atomic mass is 9.83. The van der Waals surface area contributed by atoms with Gasteiger partial charge in [-0.25, -0.2) is 0 Å². The minimum Gasteiger partial charge on any atom is -0.168 e. The maximum atomic E-state index is 4.73. The number of hydrogen-bond donors (Lipinski definition) is 1. The minimum atomic E-state index is -0.0950. The van der Waals surface area contributed by atoms with Crippen LogP contribution in [0.3, 0.4) is 0 Å². The zero-order chi connectivity index (χ0) is 13.4. The number of benzene rings is 1. The molecule has 1 unspecified atom stereocenters. The van der Waals surface area contributed by atoms with Crippen molar-refractivity contribution in [2.24, 2.45) is 0 Å². The molecule has 0 amide bonds. The highest BCUT2D eigenvalue weighted by Crippen LogP contribution is 2.32. The van der Waals surface area contributed by atoms with Crippen LogP contribution in [0.15, 0.2) is 12.1 Å². The summed E-state index contributed by atoms with van der Waals surface area (Å²) in [5.74, 6) is 0. The molecule has 0 aliphatic carbocycles. The molecular weight excluding hydrogens is 243 g/mol. The van der Waals surface area contributed by atoms with Gasteiger partial charge in [-0.05, 0) is 47.7 Å². The van der Waals surface area contributed by atoms with Crippen LogP contribution < -0.4 is 5.30 Å². The average molecular weight is 268 g/mol. The topological polar surface area (TPSA) is 0 Å². The monoisotopic (exact) mass is 268 g/mol. The molecule has 0 saturated heterocycles. The SMILES string of the molecule is CCc1cc(C(C)(C)C)cc(C(C)(C)S)c1P. The lowest BCUT2D eigenvalue weighted by molar-refractivity contribution is 0.587. The maximum Gasteiger partial charge on any atom is 0.0328 e. The zero-order valence-electron chi connectivity index (χ0n) is 11.9. The van der Waals surface area contributed by atoms with Crippen molar-refractivity contribution in [1.82, 2.24) is 0 Å². The summed E-state index contributed by atoms with van der Waals surface area (Å²) < 4.78 is -0.0950. The van der Waals surface area contributed by atoms with Gasteiger partial charge in [0.1, 0.15) is 0 Å². The molecular formula is C15H25PS. The first-order chi connectivity index (χ1) is 7.57. The van der Waals surface area contributed by atoms with Crippen LogP contribution in [0.5, 0.6) is 0 Å². The minimum absolute atomic E-state index is 0.0950. The van der Waals surface area contributed by atoms with Crippen LogP contribution in [0.1, 0.15) is 58.2 Å². The Morgan fingerprint density at radius 1 is 1.12 bits per heavy atom. The first kappa shape index (κ1) is 15.1.